The van der Waals surface area contributed by atoms with Crippen molar-refractivity contribution in [3.63, 3.8) is 0 Å². The van der Waals surface area contributed by atoms with E-state index in [2.05, 4.69) is 11.8 Å². The second kappa shape index (κ2) is 11.5. The zero-order chi connectivity index (χ0) is 9.78. The van der Waals surface area contributed by atoms with E-state index in [4.69, 9.17) is 11.6 Å². The number of carbonyl (C=O) groups excluding carboxylic acids is 1. The van der Waals surface area contributed by atoms with Crippen LogP contribution in [0.2, 0.25) is 0 Å². The Balaban J connectivity index is 2.95. The lowest BCUT2D eigenvalue weighted by Gasteiger charge is -1.97. The highest BCUT2D eigenvalue weighted by Crippen LogP contribution is 2.06. The lowest BCUT2D eigenvalue weighted by atomic mass is 10.1. The minimum Gasteiger partial charge on any atom is -0.289 e. The molecule has 0 saturated heterocycles. The Morgan fingerprint density at radius 3 is 2.23 bits per heavy atom. The van der Waals surface area contributed by atoms with Crippen molar-refractivity contribution in [2.45, 2.75) is 44.9 Å². The molecule has 0 amide bonds. The molecule has 0 spiro atoms. The molecule has 0 N–H and O–H groups in total. The van der Waals surface area contributed by atoms with E-state index in [1.54, 1.807) is 0 Å². The summed E-state index contributed by atoms with van der Waals surface area (Å²) in [4.78, 5) is 9.83. The van der Waals surface area contributed by atoms with Crippen LogP contribution in [-0.2, 0) is 4.79 Å². The fraction of sp³-hybridized carbons (Fsp3) is 0.727. The molecule has 0 aliphatic heterocycles. The van der Waals surface area contributed by atoms with E-state index in [-0.39, 0.29) is 0 Å². The van der Waals surface area contributed by atoms with Gasteiger partial charge in [0.05, 0.1) is 0 Å². The van der Waals surface area contributed by atoms with E-state index < -0.39 is 0 Å². The van der Waals surface area contributed by atoms with Gasteiger partial charge in [0.1, 0.15) is 0 Å². The Hall–Kier alpha value is -0.480. The van der Waals surface area contributed by atoms with Gasteiger partial charge in [0.2, 0.25) is 0 Å². The molecule has 0 aromatic heterocycles. The summed E-state index contributed by atoms with van der Waals surface area (Å²) in [6.45, 7) is 0. The highest BCUT2D eigenvalue weighted by molar-refractivity contribution is 6.17. The van der Waals surface area contributed by atoms with Crippen LogP contribution >= 0.6 is 11.6 Å². The molecular formula is C11H17ClO. The zero-order valence-corrected chi connectivity index (χ0v) is 8.78. The van der Waals surface area contributed by atoms with Gasteiger partial charge in [0.15, 0.2) is 6.29 Å². The van der Waals surface area contributed by atoms with Gasteiger partial charge >= 0.3 is 0 Å². The van der Waals surface area contributed by atoms with Crippen molar-refractivity contribution in [3.8, 4) is 11.8 Å². The maximum absolute atomic E-state index is 9.83. The lowest BCUT2D eigenvalue weighted by molar-refractivity contribution is -0.103. The Bertz CT molecular complexity index is 167. The van der Waals surface area contributed by atoms with E-state index in [1.807, 2.05) is 0 Å². The molecule has 0 saturated carbocycles. The van der Waals surface area contributed by atoms with Crippen LogP contribution in [-0.4, -0.2) is 12.2 Å². The highest BCUT2D eigenvalue weighted by Gasteiger charge is 1.89. The first-order chi connectivity index (χ1) is 6.41. The molecule has 2 heteroatoms. The molecule has 13 heavy (non-hydrogen) atoms. The van der Waals surface area contributed by atoms with Crippen LogP contribution in [0.5, 0.6) is 0 Å². The molecule has 0 bridgehead atoms. The molecule has 0 radical (unpaired) electrons. The first kappa shape index (κ1) is 12.5. The summed E-state index contributed by atoms with van der Waals surface area (Å²) < 4.78 is 0. The Morgan fingerprint density at radius 2 is 1.62 bits per heavy atom. The quantitative estimate of drug-likeness (QED) is 0.267. The standard InChI is InChI=1S/C11H17ClO/c12-10-8-6-4-2-1-3-5-7-9-11-13/h11H,1-6,8,10H2. The SMILES string of the molecule is O=CC#CCCCCCCCCCl. The first-order valence-corrected chi connectivity index (χ1v) is 5.43. The van der Waals surface area contributed by atoms with Crippen molar-refractivity contribution in [1.82, 2.24) is 0 Å². The van der Waals surface area contributed by atoms with Gasteiger partial charge in [-0.15, -0.1) is 11.6 Å². The molecule has 0 aliphatic rings. The number of halogens is 1. The summed E-state index contributed by atoms with van der Waals surface area (Å²) in [7, 11) is 0. The molecule has 74 valence electrons. The normalized spacial score (nSPS) is 9.00. The molecule has 0 aromatic carbocycles. The number of rotatable bonds is 7. The van der Waals surface area contributed by atoms with E-state index in [1.165, 1.54) is 25.7 Å². The summed E-state index contributed by atoms with van der Waals surface area (Å²) in [5.41, 5.74) is 0. The molecule has 0 atom stereocenters. The van der Waals surface area contributed by atoms with Crippen LogP contribution in [0.3, 0.4) is 0 Å². The van der Waals surface area contributed by atoms with Gasteiger partial charge < -0.3 is 0 Å². The smallest absolute Gasteiger partial charge is 0.192 e. The number of unbranched alkanes of at least 4 members (excludes halogenated alkanes) is 6. The minimum absolute atomic E-state index is 0.653. The lowest BCUT2D eigenvalue weighted by Crippen LogP contribution is -1.80. The van der Waals surface area contributed by atoms with Crippen LogP contribution in [0.4, 0.5) is 0 Å². The second-order valence-corrected chi connectivity index (χ2v) is 3.38. The first-order valence-electron chi connectivity index (χ1n) is 4.90. The number of aldehydes is 1. The number of hydrogen-bond donors (Lipinski definition) is 0. The molecular weight excluding hydrogens is 184 g/mol. The number of alkyl halides is 1. The van der Waals surface area contributed by atoms with Crippen molar-refractivity contribution in [3.05, 3.63) is 0 Å². The van der Waals surface area contributed by atoms with Crippen LogP contribution in [0.25, 0.3) is 0 Å². The summed E-state index contributed by atoms with van der Waals surface area (Å²) in [6, 6.07) is 0. The second-order valence-electron chi connectivity index (χ2n) is 3.00. The van der Waals surface area contributed by atoms with Crippen molar-refractivity contribution < 1.29 is 4.79 Å². The highest BCUT2D eigenvalue weighted by atomic mass is 35.5. The summed E-state index contributed by atoms with van der Waals surface area (Å²) >= 11 is 5.55. The Kier molecular flexibility index (Phi) is 11.1. The minimum atomic E-state index is 0.653. The van der Waals surface area contributed by atoms with Crippen molar-refractivity contribution >= 4 is 17.9 Å². The number of hydrogen-bond acceptors (Lipinski definition) is 1. The van der Waals surface area contributed by atoms with Gasteiger partial charge in [0.25, 0.3) is 0 Å². The van der Waals surface area contributed by atoms with Gasteiger partial charge in [0, 0.05) is 12.3 Å². The van der Waals surface area contributed by atoms with Crippen LogP contribution in [0.1, 0.15) is 44.9 Å². The third kappa shape index (κ3) is 11.5. The molecule has 1 nitrogen and oxygen atoms in total. The predicted octanol–water partition coefficient (Wildman–Crippen LogP) is 3.16. The van der Waals surface area contributed by atoms with Gasteiger partial charge in [-0.05, 0) is 18.8 Å². The molecule has 0 aromatic rings. The van der Waals surface area contributed by atoms with E-state index in [0.29, 0.717) is 6.29 Å². The van der Waals surface area contributed by atoms with E-state index >= 15 is 0 Å². The molecule has 0 unspecified atom stereocenters. The van der Waals surface area contributed by atoms with Crippen LogP contribution in [0, 0.1) is 11.8 Å². The summed E-state index contributed by atoms with van der Waals surface area (Å²) in [5.74, 6) is 5.99. The maximum Gasteiger partial charge on any atom is 0.192 e. The topological polar surface area (TPSA) is 17.1 Å². The third-order valence-corrected chi connectivity index (χ3v) is 2.11. The number of carbonyl (C=O) groups is 1. The third-order valence-electron chi connectivity index (χ3n) is 1.85. The van der Waals surface area contributed by atoms with E-state index in [9.17, 15) is 4.79 Å². The average Bonchev–Trinajstić information content (AvgIpc) is 2.16. The van der Waals surface area contributed by atoms with Crippen molar-refractivity contribution in [1.29, 1.82) is 0 Å². The fourth-order valence-electron chi connectivity index (χ4n) is 1.13. The average molecular weight is 201 g/mol. The molecule has 0 fully saturated rings. The van der Waals surface area contributed by atoms with Crippen molar-refractivity contribution in [2.24, 2.45) is 0 Å². The Labute approximate surface area is 85.9 Å². The van der Waals surface area contributed by atoms with Crippen molar-refractivity contribution in [2.75, 3.05) is 5.88 Å². The maximum atomic E-state index is 9.83. The van der Waals surface area contributed by atoms with E-state index in [0.717, 1.165) is 25.1 Å². The van der Waals surface area contributed by atoms with Gasteiger partial charge in [-0.2, -0.15) is 0 Å². The largest absolute Gasteiger partial charge is 0.289 e. The monoisotopic (exact) mass is 200 g/mol. The van der Waals surface area contributed by atoms with Gasteiger partial charge in [-0.25, -0.2) is 0 Å². The molecule has 0 heterocycles. The summed E-state index contributed by atoms with van der Waals surface area (Å²) in [5, 5.41) is 0. The van der Waals surface area contributed by atoms with Crippen LogP contribution in [0.15, 0.2) is 0 Å². The van der Waals surface area contributed by atoms with Gasteiger partial charge in [-0.3, -0.25) is 4.79 Å². The predicted molar refractivity (Wildman–Crippen MR) is 56.9 cm³/mol. The Morgan fingerprint density at radius 1 is 1.00 bits per heavy atom. The summed E-state index contributed by atoms with van der Waals surface area (Å²) in [6.07, 6.45) is 8.75. The zero-order valence-electron chi connectivity index (χ0n) is 8.02. The van der Waals surface area contributed by atoms with Gasteiger partial charge in [-0.1, -0.05) is 31.6 Å². The van der Waals surface area contributed by atoms with Crippen LogP contribution < -0.4 is 0 Å². The molecule has 0 rings (SSSR count). The molecule has 0 aliphatic carbocycles. The fourth-order valence-corrected chi connectivity index (χ4v) is 1.32.